The van der Waals surface area contributed by atoms with Crippen molar-refractivity contribution in [1.82, 2.24) is 4.72 Å². The van der Waals surface area contributed by atoms with E-state index in [1.165, 1.54) is 36.4 Å². The molecule has 0 amide bonds. The van der Waals surface area contributed by atoms with Gasteiger partial charge >= 0.3 is 0 Å². The third-order valence-corrected chi connectivity index (χ3v) is 7.60. The Labute approximate surface area is 193 Å². The van der Waals surface area contributed by atoms with Gasteiger partial charge in [-0.25, -0.2) is 13.1 Å². The Hall–Kier alpha value is -2.61. The molecule has 0 radical (unpaired) electrons. The number of rotatable bonds is 7. The lowest BCUT2D eigenvalue weighted by atomic mass is 10.0. The number of sulfonamides is 1. The summed E-state index contributed by atoms with van der Waals surface area (Å²) in [4.78, 5) is 7.29. The lowest BCUT2D eigenvalue weighted by molar-refractivity contribution is 0.445. The number of furan rings is 1. The molecule has 8 heteroatoms. The second-order valence-electron chi connectivity index (χ2n) is 8.22. The lowest BCUT2D eigenvalue weighted by Gasteiger charge is -2.17. The van der Waals surface area contributed by atoms with E-state index in [2.05, 4.69) is 27.8 Å². The Balaban J connectivity index is 1.29. The molecule has 5 rings (SSSR count). The van der Waals surface area contributed by atoms with E-state index in [0.717, 1.165) is 42.0 Å². The first-order valence-corrected chi connectivity index (χ1v) is 12.6. The molecule has 2 aliphatic heterocycles. The zero-order valence-corrected chi connectivity index (χ0v) is 19.1. The quantitative estimate of drug-likeness (QED) is 0.535. The Morgan fingerprint density at radius 3 is 2.72 bits per heavy atom. The maximum atomic E-state index is 12.3. The second kappa shape index (κ2) is 8.73. The van der Waals surface area contributed by atoms with Gasteiger partial charge in [-0.15, -0.1) is 0 Å². The lowest BCUT2D eigenvalue weighted by Crippen LogP contribution is -2.22. The molecule has 1 aromatic heterocycles. The van der Waals surface area contributed by atoms with Gasteiger partial charge in [0.2, 0.25) is 5.09 Å². The monoisotopic (exact) mass is 469 g/mol. The van der Waals surface area contributed by atoms with E-state index in [4.69, 9.17) is 21.0 Å². The van der Waals surface area contributed by atoms with Crippen LogP contribution in [0.15, 0.2) is 69.3 Å². The van der Waals surface area contributed by atoms with Crippen LogP contribution in [-0.4, -0.2) is 27.2 Å². The molecule has 1 fully saturated rings. The van der Waals surface area contributed by atoms with Crippen LogP contribution in [0.3, 0.4) is 0 Å². The van der Waals surface area contributed by atoms with Gasteiger partial charge in [0.1, 0.15) is 0 Å². The molecule has 0 saturated carbocycles. The molecule has 0 bridgehead atoms. The molecule has 0 spiro atoms. The van der Waals surface area contributed by atoms with E-state index in [1.54, 1.807) is 6.07 Å². The molecule has 3 aromatic rings. The number of anilines is 1. The smallest absolute Gasteiger partial charge is 0.274 e. The van der Waals surface area contributed by atoms with Gasteiger partial charge in [0.25, 0.3) is 10.0 Å². The van der Waals surface area contributed by atoms with Crippen LogP contribution in [0.1, 0.15) is 29.5 Å². The first-order valence-electron chi connectivity index (χ1n) is 10.7. The molecule has 0 atom stereocenters. The highest BCUT2D eigenvalue weighted by atomic mass is 35.5. The summed E-state index contributed by atoms with van der Waals surface area (Å²) in [6, 6.07) is 15.1. The Bertz CT molecular complexity index is 1260. The minimum absolute atomic E-state index is 0.0990. The number of hydrogen-bond acceptors (Lipinski definition) is 5. The fourth-order valence-corrected chi connectivity index (χ4v) is 5.39. The minimum Gasteiger partial charge on any atom is -0.452 e. The SMILES string of the molecule is O=S(=O)(NCc1ccc(Cl)c(CC2=Nc3cc(N4CCCC4)ccc3C2)c1)c1ccco1. The van der Waals surface area contributed by atoms with Gasteiger partial charge in [0, 0.05) is 48.9 Å². The number of aliphatic imine (C=N–C) groups is 1. The highest BCUT2D eigenvalue weighted by Gasteiger charge is 2.20. The average Bonchev–Trinajstić information content (AvgIpc) is 3.55. The molecule has 32 heavy (non-hydrogen) atoms. The first-order chi connectivity index (χ1) is 15.5. The van der Waals surface area contributed by atoms with Crippen molar-refractivity contribution in [2.24, 2.45) is 4.99 Å². The van der Waals surface area contributed by atoms with Crippen LogP contribution in [-0.2, 0) is 29.4 Å². The van der Waals surface area contributed by atoms with Crippen LogP contribution in [0.4, 0.5) is 11.4 Å². The number of hydrogen-bond donors (Lipinski definition) is 1. The Kier molecular flexibility index (Phi) is 5.80. The average molecular weight is 470 g/mol. The molecule has 6 nitrogen and oxygen atoms in total. The first kappa shape index (κ1) is 21.2. The van der Waals surface area contributed by atoms with Crippen LogP contribution in [0.25, 0.3) is 0 Å². The Morgan fingerprint density at radius 2 is 1.94 bits per heavy atom. The fraction of sp³-hybridized carbons (Fsp3) is 0.292. The summed E-state index contributed by atoms with van der Waals surface area (Å²) >= 11 is 6.45. The van der Waals surface area contributed by atoms with Crippen molar-refractivity contribution in [2.75, 3.05) is 18.0 Å². The summed E-state index contributed by atoms with van der Waals surface area (Å²) in [5.74, 6) is 0. The largest absolute Gasteiger partial charge is 0.452 e. The number of nitrogens with zero attached hydrogens (tertiary/aromatic N) is 2. The summed E-state index contributed by atoms with van der Waals surface area (Å²) in [7, 11) is -3.69. The molecule has 2 aliphatic rings. The van der Waals surface area contributed by atoms with Crippen molar-refractivity contribution < 1.29 is 12.8 Å². The molecule has 1 saturated heterocycles. The molecule has 1 N–H and O–H groups in total. The molecule has 0 unspecified atom stereocenters. The van der Waals surface area contributed by atoms with Gasteiger partial charge < -0.3 is 9.32 Å². The predicted molar refractivity (Wildman–Crippen MR) is 127 cm³/mol. The second-order valence-corrected chi connectivity index (χ2v) is 10.3. The fourth-order valence-electron chi connectivity index (χ4n) is 4.27. The van der Waals surface area contributed by atoms with Gasteiger partial charge in [0.05, 0.1) is 12.0 Å². The van der Waals surface area contributed by atoms with E-state index in [-0.39, 0.29) is 11.6 Å². The summed E-state index contributed by atoms with van der Waals surface area (Å²) in [5, 5.41) is 0.553. The number of halogens is 1. The third-order valence-electron chi connectivity index (χ3n) is 5.94. The maximum Gasteiger partial charge on any atom is 0.274 e. The van der Waals surface area contributed by atoms with E-state index in [9.17, 15) is 8.42 Å². The van der Waals surface area contributed by atoms with Gasteiger partial charge in [-0.1, -0.05) is 29.8 Å². The number of benzene rings is 2. The summed E-state index contributed by atoms with van der Waals surface area (Å²) in [5.41, 5.74) is 6.35. The molecular formula is C24H24ClN3O3S. The summed E-state index contributed by atoms with van der Waals surface area (Å²) in [6.45, 7) is 2.38. The van der Waals surface area contributed by atoms with E-state index in [0.29, 0.717) is 11.4 Å². The van der Waals surface area contributed by atoms with Crippen LogP contribution >= 0.6 is 11.6 Å². The van der Waals surface area contributed by atoms with Crippen LogP contribution in [0.2, 0.25) is 5.02 Å². The van der Waals surface area contributed by atoms with Crippen LogP contribution in [0, 0.1) is 0 Å². The number of nitrogens with one attached hydrogen (secondary N) is 1. The zero-order valence-electron chi connectivity index (χ0n) is 17.6. The van der Waals surface area contributed by atoms with Crippen molar-refractivity contribution in [1.29, 1.82) is 0 Å². The molecule has 0 aliphatic carbocycles. The highest BCUT2D eigenvalue weighted by molar-refractivity contribution is 7.89. The van der Waals surface area contributed by atoms with Crippen molar-refractivity contribution in [3.05, 3.63) is 76.5 Å². The van der Waals surface area contributed by atoms with Crippen molar-refractivity contribution in [3.8, 4) is 0 Å². The normalized spacial score (nSPS) is 15.8. The standard InChI is InChI=1S/C24H24ClN3O3S/c25-22-8-5-17(16-26-32(29,30)24-4-3-11-31-24)12-19(22)14-20-13-18-6-7-21(15-23(18)27-20)28-9-1-2-10-28/h3-8,11-12,15,26H,1-2,9-10,13-14,16H2. The van der Waals surface area contributed by atoms with Crippen molar-refractivity contribution in [3.63, 3.8) is 0 Å². The minimum atomic E-state index is -3.69. The molecule has 3 heterocycles. The van der Waals surface area contributed by atoms with E-state index in [1.807, 2.05) is 18.2 Å². The molecule has 2 aromatic carbocycles. The predicted octanol–water partition coefficient (Wildman–Crippen LogP) is 4.88. The number of fused-ring (bicyclic) bond motifs is 1. The van der Waals surface area contributed by atoms with E-state index >= 15 is 0 Å². The molecule has 166 valence electrons. The topological polar surface area (TPSA) is 74.9 Å². The van der Waals surface area contributed by atoms with E-state index < -0.39 is 10.0 Å². The van der Waals surface area contributed by atoms with Crippen LogP contribution < -0.4 is 9.62 Å². The molecular weight excluding hydrogens is 446 g/mol. The van der Waals surface area contributed by atoms with Crippen molar-refractivity contribution in [2.45, 2.75) is 37.3 Å². The van der Waals surface area contributed by atoms with Gasteiger partial charge in [-0.05, 0) is 59.9 Å². The summed E-state index contributed by atoms with van der Waals surface area (Å²) in [6.07, 6.45) is 5.27. The third kappa shape index (κ3) is 4.46. The maximum absolute atomic E-state index is 12.3. The van der Waals surface area contributed by atoms with Gasteiger partial charge in [-0.3, -0.25) is 4.99 Å². The van der Waals surface area contributed by atoms with Crippen LogP contribution in [0.5, 0.6) is 0 Å². The highest BCUT2D eigenvalue weighted by Crippen LogP contribution is 2.33. The van der Waals surface area contributed by atoms with Crippen molar-refractivity contribution >= 4 is 38.7 Å². The summed E-state index contributed by atoms with van der Waals surface area (Å²) < 4.78 is 32.1. The van der Waals surface area contributed by atoms with Gasteiger partial charge in [-0.2, -0.15) is 0 Å². The van der Waals surface area contributed by atoms with Gasteiger partial charge in [0.15, 0.2) is 0 Å². The Morgan fingerprint density at radius 1 is 1.09 bits per heavy atom. The zero-order chi connectivity index (χ0) is 22.1.